The van der Waals surface area contributed by atoms with E-state index in [2.05, 4.69) is 0 Å². The summed E-state index contributed by atoms with van der Waals surface area (Å²) < 4.78 is 28.4. The summed E-state index contributed by atoms with van der Waals surface area (Å²) in [4.78, 5) is 15.1. The van der Waals surface area contributed by atoms with E-state index in [0.717, 1.165) is 33.5 Å². The first kappa shape index (κ1) is 22.5. The van der Waals surface area contributed by atoms with E-state index in [4.69, 9.17) is 0 Å². The number of nitrogens with zero attached hydrogens (tertiary/aromatic N) is 2. The average Bonchev–Trinajstić information content (AvgIpc) is 2.72. The van der Waals surface area contributed by atoms with Crippen LogP contribution < -0.4 is 4.90 Å². The largest absolute Gasteiger partial charge is 0.315 e. The minimum absolute atomic E-state index is 0.0506. The van der Waals surface area contributed by atoms with Gasteiger partial charge in [-0.2, -0.15) is 4.31 Å². The minimum Gasteiger partial charge on any atom is -0.315 e. The molecule has 0 radical (unpaired) electrons. The molecule has 0 spiro atoms. The molecule has 1 heterocycles. The van der Waals surface area contributed by atoms with Crippen molar-refractivity contribution >= 4 is 21.6 Å². The number of hydrogen-bond donors (Lipinski definition) is 0. The lowest BCUT2D eigenvalue weighted by atomic mass is 9.96. The van der Waals surface area contributed by atoms with E-state index in [-0.39, 0.29) is 11.8 Å². The number of piperidine rings is 1. The first-order valence-electron chi connectivity index (χ1n) is 10.5. The summed E-state index contributed by atoms with van der Waals surface area (Å²) in [7, 11) is -1.80. The highest BCUT2D eigenvalue weighted by molar-refractivity contribution is 7.89. The van der Waals surface area contributed by atoms with Crippen LogP contribution in [0.4, 0.5) is 5.69 Å². The molecule has 0 atom stereocenters. The summed E-state index contributed by atoms with van der Waals surface area (Å²) in [6, 6.07) is 9.90. The molecular formula is C24H32N2O3S. The second-order valence-electron chi connectivity index (χ2n) is 8.50. The predicted molar refractivity (Wildman–Crippen MR) is 121 cm³/mol. The number of rotatable bonds is 4. The quantitative estimate of drug-likeness (QED) is 0.730. The molecule has 3 rings (SSSR count). The van der Waals surface area contributed by atoms with Gasteiger partial charge in [0.1, 0.15) is 0 Å². The van der Waals surface area contributed by atoms with Crippen molar-refractivity contribution in [2.45, 2.75) is 52.4 Å². The van der Waals surface area contributed by atoms with Crippen LogP contribution in [0.3, 0.4) is 0 Å². The maximum Gasteiger partial charge on any atom is 0.243 e. The van der Waals surface area contributed by atoms with Gasteiger partial charge in [-0.15, -0.1) is 0 Å². The van der Waals surface area contributed by atoms with Gasteiger partial charge in [0.05, 0.1) is 4.90 Å². The molecule has 2 aromatic carbocycles. The van der Waals surface area contributed by atoms with E-state index in [1.54, 1.807) is 16.3 Å². The number of hydrogen-bond acceptors (Lipinski definition) is 3. The van der Waals surface area contributed by atoms with Crippen LogP contribution in [0.2, 0.25) is 0 Å². The van der Waals surface area contributed by atoms with E-state index >= 15 is 0 Å². The van der Waals surface area contributed by atoms with Crippen molar-refractivity contribution in [2.24, 2.45) is 5.92 Å². The minimum atomic E-state index is -3.59. The molecule has 5 nitrogen and oxygen atoms in total. The number of amides is 1. The first-order valence-corrected chi connectivity index (χ1v) is 11.9. The lowest BCUT2D eigenvalue weighted by Gasteiger charge is -2.33. The average molecular weight is 429 g/mol. The van der Waals surface area contributed by atoms with Gasteiger partial charge in [0, 0.05) is 31.7 Å². The van der Waals surface area contributed by atoms with E-state index in [0.29, 0.717) is 30.8 Å². The van der Waals surface area contributed by atoms with Crippen LogP contribution >= 0.6 is 0 Å². The Bertz CT molecular complexity index is 1020. The molecule has 2 aromatic rings. The van der Waals surface area contributed by atoms with Gasteiger partial charge in [-0.3, -0.25) is 4.79 Å². The molecule has 0 N–H and O–H groups in total. The number of sulfonamides is 1. The maximum absolute atomic E-state index is 13.4. The smallest absolute Gasteiger partial charge is 0.243 e. The van der Waals surface area contributed by atoms with Gasteiger partial charge in [-0.25, -0.2) is 8.42 Å². The number of aryl methyl sites for hydroxylation is 3. The van der Waals surface area contributed by atoms with Crippen molar-refractivity contribution in [2.75, 3.05) is 25.0 Å². The van der Waals surface area contributed by atoms with Gasteiger partial charge in [0.15, 0.2) is 0 Å². The Morgan fingerprint density at radius 3 is 1.93 bits per heavy atom. The molecule has 1 amide bonds. The van der Waals surface area contributed by atoms with Crippen molar-refractivity contribution in [3.63, 3.8) is 0 Å². The summed E-state index contributed by atoms with van der Waals surface area (Å²) >= 11 is 0. The summed E-state index contributed by atoms with van der Waals surface area (Å²) in [5.41, 5.74) is 5.62. The van der Waals surface area contributed by atoms with E-state index in [9.17, 15) is 13.2 Å². The Hall–Kier alpha value is -2.18. The van der Waals surface area contributed by atoms with Crippen LogP contribution in [0.15, 0.2) is 35.2 Å². The molecule has 0 unspecified atom stereocenters. The van der Waals surface area contributed by atoms with Crippen LogP contribution in [0.1, 0.15) is 40.7 Å². The monoisotopic (exact) mass is 428 g/mol. The molecule has 0 aromatic heterocycles. The summed E-state index contributed by atoms with van der Waals surface area (Å²) in [6.07, 6.45) is 1.08. The number of carbonyl (C=O) groups is 1. The Morgan fingerprint density at radius 2 is 1.43 bits per heavy atom. The molecule has 30 heavy (non-hydrogen) atoms. The van der Waals surface area contributed by atoms with Crippen LogP contribution in [0.5, 0.6) is 0 Å². The van der Waals surface area contributed by atoms with Gasteiger partial charge < -0.3 is 4.90 Å². The van der Waals surface area contributed by atoms with E-state index < -0.39 is 10.0 Å². The molecule has 0 bridgehead atoms. The number of carbonyl (C=O) groups excluding carboxylic acids is 1. The standard InChI is InChI=1S/C24H32N2O3S/c1-16-7-9-22(10-8-16)25(6)24(27)21-11-13-26(14-12-21)30(28,29)23-19(4)17(2)15-18(3)20(23)5/h7-10,15,21H,11-14H2,1-6H3. The molecule has 162 valence electrons. The summed E-state index contributed by atoms with van der Waals surface area (Å²) in [6.45, 7) is 10.4. The Morgan fingerprint density at radius 1 is 0.933 bits per heavy atom. The van der Waals surface area contributed by atoms with Gasteiger partial charge in [-0.1, -0.05) is 23.8 Å². The predicted octanol–water partition coefficient (Wildman–Crippen LogP) is 4.29. The van der Waals surface area contributed by atoms with Crippen molar-refractivity contribution in [1.82, 2.24) is 4.31 Å². The van der Waals surface area contributed by atoms with Crippen LogP contribution in [0.25, 0.3) is 0 Å². The van der Waals surface area contributed by atoms with Gasteiger partial charge in [0.2, 0.25) is 15.9 Å². The van der Waals surface area contributed by atoms with E-state index in [1.165, 1.54) is 0 Å². The number of anilines is 1. The lowest BCUT2D eigenvalue weighted by molar-refractivity contribution is -0.123. The van der Waals surface area contributed by atoms with Gasteiger partial charge in [0.25, 0.3) is 0 Å². The lowest BCUT2D eigenvalue weighted by Crippen LogP contribution is -2.43. The fraction of sp³-hybridized carbons (Fsp3) is 0.458. The van der Waals surface area contributed by atoms with Crippen molar-refractivity contribution in [3.8, 4) is 0 Å². The van der Waals surface area contributed by atoms with Gasteiger partial charge in [-0.05, 0) is 81.8 Å². The maximum atomic E-state index is 13.4. The zero-order chi connectivity index (χ0) is 22.2. The molecule has 1 saturated heterocycles. The summed E-state index contributed by atoms with van der Waals surface area (Å²) in [5, 5.41) is 0. The molecule has 0 aliphatic carbocycles. The normalized spacial score (nSPS) is 15.9. The summed E-state index contributed by atoms with van der Waals surface area (Å²) in [5.74, 6) is -0.112. The highest BCUT2D eigenvalue weighted by atomic mass is 32.2. The first-order chi connectivity index (χ1) is 14.0. The number of benzene rings is 2. The second kappa shape index (κ2) is 8.52. The molecule has 1 aliphatic heterocycles. The molecule has 1 aliphatic rings. The molecule has 1 fully saturated rings. The van der Waals surface area contributed by atoms with Crippen LogP contribution in [-0.2, 0) is 14.8 Å². The fourth-order valence-corrected chi connectivity index (χ4v) is 6.25. The van der Waals surface area contributed by atoms with Crippen molar-refractivity contribution in [1.29, 1.82) is 0 Å². The third kappa shape index (κ3) is 4.16. The Labute approximate surface area is 180 Å². The Kier molecular flexibility index (Phi) is 6.39. The molecular weight excluding hydrogens is 396 g/mol. The van der Waals surface area contributed by atoms with Crippen LogP contribution in [-0.4, -0.2) is 38.8 Å². The van der Waals surface area contributed by atoms with Gasteiger partial charge >= 0.3 is 0 Å². The van der Waals surface area contributed by atoms with Crippen LogP contribution in [0, 0.1) is 40.5 Å². The highest BCUT2D eigenvalue weighted by Gasteiger charge is 2.35. The Balaban J connectivity index is 1.75. The highest BCUT2D eigenvalue weighted by Crippen LogP contribution is 2.32. The zero-order valence-corrected chi connectivity index (χ0v) is 19.6. The topological polar surface area (TPSA) is 57.7 Å². The van der Waals surface area contributed by atoms with Crippen molar-refractivity contribution < 1.29 is 13.2 Å². The molecule has 0 saturated carbocycles. The third-order valence-corrected chi connectivity index (χ3v) is 8.62. The van der Waals surface area contributed by atoms with E-state index in [1.807, 2.05) is 65.0 Å². The SMILES string of the molecule is Cc1ccc(N(C)C(=O)C2CCN(S(=O)(=O)c3c(C)c(C)cc(C)c3C)CC2)cc1. The zero-order valence-electron chi connectivity index (χ0n) is 18.8. The fourth-order valence-electron chi connectivity index (χ4n) is 4.21. The second-order valence-corrected chi connectivity index (χ2v) is 10.4. The third-order valence-electron chi connectivity index (χ3n) is 6.45. The molecule has 6 heteroatoms. The van der Waals surface area contributed by atoms with Crippen molar-refractivity contribution in [3.05, 3.63) is 58.1 Å².